The van der Waals surface area contributed by atoms with Gasteiger partial charge in [0.15, 0.2) is 12.6 Å². The van der Waals surface area contributed by atoms with E-state index in [0.29, 0.717) is 19.8 Å². The van der Waals surface area contributed by atoms with Crippen LogP contribution < -0.4 is 0 Å². The second-order valence-corrected chi connectivity index (χ2v) is 8.48. The van der Waals surface area contributed by atoms with Gasteiger partial charge in [-0.15, -0.1) is 0 Å². The lowest BCUT2D eigenvalue weighted by Gasteiger charge is -2.48. The predicted octanol–water partition coefficient (Wildman–Crippen LogP) is 4.64. The fourth-order valence-corrected chi connectivity index (χ4v) is 4.42. The minimum atomic E-state index is -0.605. The molecule has 2 aliphatic heterocycles. The summed E-state index contributed by atoms with van der Waals surface area (Å²) in [7, 11) is 1.62. The van der Waals surface area contributed by atoms with Crippen LogP contribution in [0, 0.1) is 0 Å². The number of benzene rings is 3. The monoisotopic (exact) mass is 462 g/mol. The maximum Gasteiger partial charge on any atom is 0.186 e. The molecule has 178 valence electrons. The van der Waals surface area contributed by atoms with Crippen LogP contribution >= 0.6 is 0 Å². The summed E-state index contributed by atoms with van der Waals surface area (Å²) < 4.78 is 37.2. The molecule has 0 unspecified atom stereocenters. The standard InChI is InChI=1S/C28H30O6/c1-29-28-26(31-18-21-13-7-3-8-14-21)25(30-17-20-11-5-2-6-12-20)24-23(33-28)19-32-27(34-24)22-15-9-4-10-16-22/h2-16,23-28H,17-19H2,1H3/t23-,24-,25+,26+,27+,28+/m1/s1. The second kappa shape index (κ2) is 11.2. The van der Waals surface area contributed by atoms with Gasteiger partial charge in [0.1, 0.15) is 24.4 Å². The van der Waals surface area contributed by atoms with Gasteiger partial charge < -0.3 is 28.4 Å². The third-order valence-corrected chi connectivity index (χ3v) is 6.16. The first-order valence-corrected chi connectivity index (χ1v) is 11.6. The number of rotatable bonds is 8. The zero-order valence-corrected chi connectivity index (χ0v) is 19.2. The smallest absolute Gasteiger partial charge is 0.186 e. The molecule has 0 bridgehead atoms. The minimum absolute atomic E-state index is 0.331. The first-order valence-electron chi connectivity index (χ1n) is 11.6. The van der Waals surface area contributed by atoms with E-state index in [2.05, 4.69) is 0 Å². The summed E-state index contributed by atoms with van der Waals surface area (Å²) in [6, 6.07) is 30.0. The van der Waals surface area contributed by atoms with Crippen LogP contribution in [0.25, 0.3) is 0 Å². The molecule has 2 saturated heterocycles. The molecule has 0 saturated carbocycles. The third kappa shape index (κ3) is 5.39. The number of ether oxygens (including phenoxy) is 6. The van der Waals surface area contributed by atoms with Crippen molar-refractivity contribution in [1.82, 2.24) is 0 Å². The largest absolute Gasteiger partial charge is 0.368 e. The summed E-state index contributed by atoms with van der Waals surface area (Å²) in [6.45, 7) is 1.22. The van der Waals surface area contributed by atoms with Crippen LogP contribution in [0.5, 0.6) is 0 Å². The van der Waals surface area contributed by atoms with Gasteiger partial charge in [0.25, 0.3) is 0 Å². The third-order valence-electron chi connectivity index (χ3n) is 6.16. The summed E-state index contributed by atoms with van der Waals surface area (Å²) in [4.78, 5) is 0. The Bertz CT molecular complexity index is 993. The molecule has 3 aromatic carbocycles. The molecular formula is C28H30O6. The van der Waals surface area contributed by atoms with Crippen molar-refractivity contribution in [1.29, 1.82) is 0 Å². The second-order valence-electron chi connectivity index (χ2n) is 8.48. The summed E-state index contributed by atoms with van der Waals surface area (Å²) in [5.74, 6) is 0. The van der Waals surface area contributed by atoms with Gasteiger partial charge in [0.2, 0.25) is 0 Å². The molecule has 2 fully saturated rings. The van der Waals surface area contributed by atoms with Crippen molar-refractivity contribution in [3.05, 3.63) is 108 Å². The Balaban J connectivity index is 1.39. The van der Waals surface area contributed by atoms with Crippen molar-refractivity contribution in [2.75, 3.05) is 13.7 Å². The van der Waals surface area contributed by atoms with Crippen molar-refractivity contribution >= 4 is 0 Å². The molecule has 3 aromatic rings. The highest BCUT2D eigenvalue weighted by atomic mass is 16.8. The Morgan fingerprint density at radius 1 is 0.706 bits per heavy atom. The molecule has 34 heavy (non-hydrogen) atoms. The Labute approximate surface area is 200 Å². The maximum absolute atomic E-state index is 6.49. The Kier molecular flexibility index (Phi) is 7.65. The molecular weight excluding hydrogens is 432 g/mol. The van der Waals surface area contributed by atoms with E-state index in [9.17, 15) is 0 Å². The van der Waals surface area contributed by atoms with Gasteiger partial charge in [-0.3, -0.25) is 0 Å². The van der Waals surface area contributed by atoms with Crippen LogP contribution in [-0.4, -0.2) is 44.4 Å². The highest BCUT2D eigenvalue weighted by Gasteiger charge is 2.51. The number of fused-ring (bicyclic) bond motifs is 1. The van der Waals surface area contributed by atoms with Crippen molar-refractivity contribution in [3.8, 4) is 0 Å². The lowest BCUT2D eigenvalue weighted by molar-refractivity contribution is -0.369. The van der Waals surface area contributed by atoms with E-state index in [1.54, 1.807) is 7.11 Å². The molecule has 5 rings (SSSR count). The van der Waals surface area contributed by atoms with Crippen LogP contribution in [0.4, 0.5) is 0 Å². The van der Waals surface area contributed by atoms with Crippen molar-refractivity contribution in [2.24, 2.45) is 0 Å². The summed E-state index contributed by atoms with van der Waals surface area (Å²) >= 11 is 0. The SMILES string of the molecule is CO[C@H]1O[C@@H]2CO[C@H](c3ccccc3)O[C@H]2[C@H](OCc2ccccc2)[C@@H]1OCc1ccccc1. The topological polar surface area (TPSA) is 55.4 Å². The summed E-state index contributed by atoms with van der Waals surface area (Å²) in [5.41, 5.74) is 3.10. The zero-order chi connectivity index (χ0) is 23.2. The first kappa shape index (κ1) is 23.2. The summed E-state index contributed by atoms with van der Waals surface area (Å²) in [6.07, 6.45) is -2.71. The average molecular weight is 463 g/mol. The molecule has 0 aliphatic carbocycles. The molecule has 0 aromatic heterocycles. The zero-order valence-electron chi connectivity index (χ0n) is 19.2. The van der Waals surface area contributed by atoms with E-state index >= 15 is 0 Å². The maximum atomic E-state index is 6.49. The van der Waals surface area contributed by atoms with Crippen molar-refractivity contribution in [2.45, 2.75) is 50.2 Å². The molecule has 6 heteroatoms. The number of methoxy groups -OCH3 is 1. The van der Waals surface area contributed by atoms with Gasteiger partial charge in [-0.2, -0.15) is 0 Å². The molecule has 6 atom stereocenters. The number of hydrogen-bond acceptors (Lipinski definition) is 6. The van der Waals surface area contributed by atoms with Gasteiger partial charge in [-0.1, -0.05) is 91.0 Å². The van der Waals surface area contributed by atoms with Crippen molar-refractivity contribution < 1.29 is 28.4 Å². The number of hydrogen-bond donors (Lipinski definition) is 0. The Morgan fingerprint density at radius 3 is 1.85 bits per heavy atom. The highest BCUT2D eigenvalue weighted by Crippen LogP contribution is 2.37. The van der Waals surface area contributed by atoms with Crippen LogP contribution in [-0.2, 0) is 41.6 Å². The normalized spacial score (nSPS) is 28.9. The van der Waals surface area contributed by atoms with Gasteiger partial charge in [0, 0.05) is 12.7 Å². The molecule has 0 radical (unpaired) electrons. The minimum Gasteiger partial charge on any atom is -0.368 e. The van der Waals surface area contributed by atoms with Gasteiger partial charge in [-0.25, -0.2) is 0 Å². The Hall–Kier alpha value is -2.58. The fraction of sp³-hybridized carbons (Fsp3) is 0.357. The molecule has 0 spiro atoms. The van der Waals surface area contributed by atoms with Crippen LogP contribution in [0.1, 0.15) is 23.0 Å². The van der Waals surface area contributed by atoms with E-state index < -0.39 is 24.8 Å². The predicted molar refractivity (Wildman–Crippen MR) is 126 cm³/mol. The average Bonchev–Trinajstić information content (AvgIpc) is 2.91. The van der Waals surface area contributed by atoms with Gasteiger partial charge in [0.05, 0.1) is 19.8 Å². The molecule has 0 amide bonds. The lowest BCUT2D eigenvalue weighted by Crippen LogP contribution is -2.63. The molecule has 2 aliphatic rings. The van der Waals surface area contributed by atoms with E-state index in [1.807, 2.05) is 91.0 Å². The van der Waals surface area contributed by atoms with E-state index in [-0.39, 0.29) is 12.2 Å². The van der Waals surface area contributed by atoms with Crippen molar-refractivity contribution in [3.63, 3.8) is 0 Å². The fourth-order valence-electron chi connectivity index (χ4n) is 4.42. The quantitative estimate of drug-likeness (QED) is 0.486. The lowest BCUT2D eigenvalue weighted by atomic mass is 9.97. The van der Waals surface area contributed by atoms with Crippen LogP contribution in [0.3, 0.4) is 0 Å². The molecule has 0 N–H and O–H groups in total. The molecule has 2 heterocycles. The van der Waals surface area contributed by atoms with E-state index in [0.717, 1.165) is 16.7 Å². The Morgan fingerprint density at radius 2 is 1.26 bits per heavy atom. The van der Waals surface area contributed by atoms with E-state index in [1.165, 1.54) is 0 Å². The van der Waals surface area contributed by atoms with Gasteiger partial charge in [-0.05, 0) is 11.1 Å². The van der Waals surface area contributed by atoms with Gasteiger partial charge >= 0.3 is 0 Å². The summed E-state index contributed by atoms with van der Waals surface area (Å²) in [5, 5.41) is 0. The highest BCUT2D eigenvalue weighted by molar-refractivity contribution is 5.17. The van der Waals surface area contributed by atoms with E-state index in [4.69, 9.17) is 28.4 Å². The molecule has 6 nitrogen and oxygen atoms in total. The first-order chi connectivity index (χ1) is 16.8. The van der Waals surface area contributed by atoms with Crippen LogP contribution in [0.15, 0.2) is 91.0 Å². The van der Waals surface area contributed by atoms with Crippen LogP contribution in [0.2, 0.25) is 0 Å².